The highest BCUT2D eigenvalue weighted by Crippen LogP contribution is 2.41. The number of hydrogen-bond acceptors (Lipinski definition) is 2. The van der Waals surface area contributed by atoms with Crippen molar-refractivity contribution in [3.8, 4) is 0 Å². The lowest BCUT2D eigenvalue weighted by Crippen LogP contribution is -2.17. The third-order valence-electron chi connectivity index (χ3n) is 4.50. The van der Waals surface area contributed by atoms with Crippen LogP contribution in [0.4, 0.5) is 0 Å². The maximum atomic E-state index is 4.68. The quantitative estimate of drug-likeness (QED) is 0.814. The first-order valence-electron chi connectivity index (χ1n) is 7.05. The van der Waals surface area contributed by atoms with E-state index in [0.717, 1.165) is 5.92 Å². The van der Waals surface area contributed by atoms with Crippen LogP contribution < -0.4 is 5.32 Å². The summed E-state index contributed by atoms with van der Waals surface area (Å²) in [4.78, 5) is 0. The molecule has 0 amide bonds. The van der Waals surface area contributed by atoms with Gasteiger partial charge in [0, 0.05) is 17.3 Å². The van der Waals surface area contributed by atoms with Crippen LogP contribution >= 0.6 is 0 Å². The van der Waals surface area contributed by atoms with Gasteiger partial charge in [0.05, 0.1) is 12.2 Å². The Hall–Kier alpha value is -0.830. The van der Waals surface area contributed by atoms with Crippen molar-refractivity contribution in [3.05, 3.63) is 17.5 Å². The summed E-state index contributed by atoms with van der Waals surface area (Å²) in [7, 11) is 2.07. The molecule has 0 aliphatic heterocycles. The molecule has 2 unspecified atom stereocenters. The van der Waals surface area contributed by atoms with E-state index in [0.29, 0.717) is 12.1 Å². The van der Waals surface area contributed by atoms with Crippen molar-refractivity contribution in [2.24, 2.45) is 5.92 Å². The second kappa shape index (κ2) is 4.45. The van der Waals surface area contributed by atoms with Gasteiger partial charge in [0.15, 0.2) is 0 Å². The Kier molecular flexibility index (Phi) is 2.95. The molecule has 2 aliphatic rings. The van der Waals surface area contributed by atoms with Crippen molar-refractivity contribution in [2.75, 3.05) is 7.05 Å². The van der Waals surface area contributed by atoms with Crippen LogP contribution in [0.15, 0.2) is 6.20 Å². The van der Waals surface area contributed by atoms with Crippen LogP contribution in [0.5, 0.6) is 0 Å². The molecule has 1 aromatic heterocycles. The third-order valence-corrected chi connectivity index (χ3v) is 4.50. The van der Waals surface area contributed by atoms with Gasteiger partial charge in [-0.1, -0.05) is 6.42 Å². The SMILES string of the molecule is CNC1CCCCc2c1cnn2C(C)C1CC1. The lowest BCUT2D eigenvalue weighted by Gasteiger charge is -2.17. The number of hydrogen-bond donors (Lipinski definition) is 1. The first-order valence-corrected chi connectivity index (χ1v) is 7.05. The lowest BCUT2D eigenvalue weighted by molar-refractivity contribution is 0.423. The van der Waals surface area contributed by atoms with Gasteiger partial charge in [-0.2, -0.15) is 5.10 Å². The van der Waals surface area contributed by atoms with Crippen molar-refractivity contribution in [3.63, 3.8) is 0 Å². The highest BCUT2D eigenvalue weighted by atomic mass is 15.3. The van der Waals surface area contributed by atoms with E-state index in [1.807, 2.05) is 0 Å². The van der Waals surface area contributed by atoms with Crippen LogP contribution in [0.3, 0.4) is 0 Å². The first kappa shape index (κ1) is 11.3. The summed E-state index contributed by atoms with van der Waals surface area (Å²) in [6, 6.07) is 1.13. The van der Waals surface area contributed by atoms with E-state index in [4.69, 9.17) is 0 Å². The molecule has 1 fully saturated rings. The summed E-state index contributed by atoms with van der Waals surface area (Å²) in [5.41, 5.74) is 2.96. The number of nitrogens with zero attached hydrogens (tertiary/aromatic N) is 2. The average molecular weight is 233 g/mol. The van der Waals surface area contributed by atoms with Crippen LogP contribution in [0.1, 0.15) is 62.4 Å². The van der Waals surface area contributed by atoms with E-state index in [-0.39, 0.29) is 0 Å². The molecule has 0 saturated heterocycles. The van der Waals surface area contributed by atoms with E-state index in [2.05, 4.69) is 35.3 Å². The minimum absolute atomic E-state index is 0.521. The zero-order valence-electron chi connectivity index (χ0n) is 10.9. The van der Waals surface area contributed by atoms with Crippen LogP contribution in [-0.2, 0) is 6.42 Å². The molecule has 3 rings (SSSR count). The molecular formula is C14H23N3. The summed E-state index contributed by atoms with van der Waals surface area (Å²) < 4.78 is 2.32. The molecule has 3 heteroatoms. The Morgan fingerprint density at radius 1 is 1.35 bits per heavy atom. The van der Waals surface area contributed by atoms with Gasteiger partial charge in [-0.05, 0) is 52.0 Å². The molecule has 1 saturated carbocycles. The van der Waals surface area contributed by atoms with Crippen LogP contribution in [0, 0.1) is 5.92 Å². The van der Waals surface area contributed by atoms with Crippen molar-refractivity contribution in [1.82, 2.24) is 15.1 Å². The number of aromatic nitrogens is 2. The first-order chi connectivity index (χ1) is 8.31. The Balaban J connectivity index is 1.93. The molecule has 0 aromatic carbocycles. The largest absolute Gasteiger partial charge is 0.313 e. The van der Waals surface area contributed by atoms with Gasteiger partial charge in [0.25, 0.3) is 0 Å². The van der Waals surface area contributed by atoms with Gasteiger partial charge in [-0.25, -0.2) is 0 Å². The maximum absolute atomic E-state index is 4.68. The van der Waals surface area contributed by atoms with Gasteiger partial charge in [0.2, 0.25) is 0 Å². The molecule has 17 heavy (non-hydrogen) atoms. The van der Waals surface area contributed by atoms with Gasteiger partial charge in [-0.15, -0.1) is 0 Å². The molecule has 2 atom stereocenters. The highest BCUT2D eigenvalue weighted by molar-refractivity contribution is 5.24. The van der Waals surface area contributed by atoms with E-state index >= 15 is 0 Å². The fourth-order valence-electron chi connectivity index (χ4n) is 3.18. The minimum atomic E-state index is 0.521. The zero-order valence-corrected chi connectivity index (χ0v) is 10.9. The Labute approximate surface area is 104 Å². The van der Waals surface area contributed by atoms with Crippen LogP contribution in [-0.4, -0.2) is 16.8 Å². The highest BCUT2D eigenvalue weighted by Gasteiger charge is 2.32. The van der Waals surface area contributed by atoms with E-state index in [9.17, 15) is 0 Å². The fourth-order valence-corrected chi connectivity index (χ4v) is 3.18. The number of rotatable bonds is 3. The van der Waals surface area contributed by atoms with Crippen LogP contribution in [0.2, 0.25) is 0 Å². The summed E-state index contributed by atoms with van der Waals surface area (Å²) in [5.74, 6) is 0.885. The molecule has 2 aliphatic carbocycles. The predicted molar refractivity (Wildman–Crippen MR) is 69.0 cm³/mol. The fraction of sp³-hybridized carbons (Fsp3) is 0.786. The lowest BCUT2D eigenvalue weighted by atomic mass is 10.1. The summed E-state index contributed by atoms with van der Waals surface area (Å²) in [6.45, 7) is 2.34. The standard InChI is InChI=1S/C14H23N3/c1-10(11-7-8-11)17-14-6-4-3-5-13(15-2)12(14)9-16-17/h9-11,13,15H,3-8H2,1-2H3. The second-order valence-corrected chi connectivity index (χ2v) is 5.66. The molecule has 3 nitrogen and oxygen atoms in total. The zero-order chi connectivity index (χ0) is 11.8. The summed E-state index contributed by atoms with van der Waals surface area (Å²) >= 11 is 0. The van der Waals surface area contributed by atoms with Crippen molar-refractivity contribution in [1.29, 1.82) is 0 Å². The van der Waals surface area contributed by atoms with E-state index in [1.54, 1.807) is 0 Å². The molecule has 0 bridgehead atoms. The van der Waals surface area contributed by atoms with Gasteiger partial charge in [0.1, 0.15) is 0 Å². The maximum Gasteiger partial charge on any atom is 0.0540 e. The third kappa shape index (κ3) is 2.01. The molecule has 94 valence electrons. The van der Waals surface area contributed by atoms with Crippen molar-refractivity contribution in [2.45, 2.75) is 57.5 Å². The summed E-state index contributed by atoms with van der Waals surface area (Å²) in [5, 5.41) is 8.12. The second-order valence-electron chi connectivity index (χ2n) is 5.66. The Morgan fingerprint density at radius 3 is 2.88 bits per heavy atom. The smallest absolute Gasteiger partial charge is 0.0540 e. The minimum Gasteiger partial charge on any atom is -0.313 e. The van der Waals surface area contributed by atoms with Gasteiger partial charge < -0.3 is 5.32 Å². The normalized spacial score (nSPS) is 26.4. The van der Waals surface area contributed by atoms with Crippen LogP contribution in [0.25, 0.3) is 0 Å². The topological polar surface area (TPSA) is 29.9 Å². The van der Waals surface area contributed by atoms with E-state index in [1.165, 1.54) is 49.8 Å². The van der Waals surface area contributed by atoms with Gasteiger partial charge in [-0.3, -0.25) is 4.68 Å². The number of fused-ring (bicyclic) bond motifs is 1. The van der Waals surface area contributed by atoms with Crippen molar-refractivity contribution < 1.29 is 0 Å². The Bertz CT molecular complexity index is 392. The van der Waals surface area contributed by atoms with Crippen molar-refractivity contribution >= 4 is 0 Å². The monoisotopic (exact) mass is 233 g/mol. The molecule has 1 N–H and O–H groups in total. The van der Waals surface area contributed by atoms with E-state index < -0.39 is 0 Å². The molecule has 0 spiro atoms. The molecule has 1 heterocycles. The predicted octanol–water partition coefficient (Wildman–Crippen LogP) is 2.84. The Morgan fingerprint density at radius 2 is 2.18 bits per heavy atom. The average Bonchev–Trinajstić information content (AvgIpc) is 3.13. The molecule has 1 aromatic rings. The molecule has 0 radical (unpaired) electrons. The number of nitrogens with one attached hydrogen (secondary N) is 1. The summed E-state index contributed by atoms with van der Waals surface area (Å²) in [6.07, 6.45) is 10.0. The van der Waals surface area contributed by atoms with Gasteiger partial charge >= 0.3 is 0 Å². The molecular weight excluding hydrogens is 210 g/mol.